The molecule has 1 aliphatic heterocycles. The maximum absolute atomic E-state index is 4.46. The largest absolute Gasteiger partial charge is 0.242 e. The van der Waals surface area contributed by atoms with Crippen LogP contribution in [0.5, 0.6) is 0 Å². The average molecular weight is 139 g/mol. The van der Waals surface area contributed by atoms with Gasteiger partial charge in [0.05, 0.1) is 0 Å². The zero-order chi connectivity index (χ0) is 7.72. The van der Waals surface area contributed by atoms with Crippen molar-refractivity contribution in [2.45, 2.75) is 26.9 Å². The van der Waals surface area contributed by atoms with Crippen LogP contribution in [-0.4, -0.2) is 29.7 Å². The summed E-state index contributed by atoms with van der Waals surface area (Å²) in [6.45, 7) is 6.44. The van der Waals surface area contributed by atoms with Crippen molar-refractivity contribution in [2.75, 3.05) is 7.05 Å². The summed E-state index contributed by atoms with van der Waals surface area (Å²) >= 11 is 0. The van der Waals surface area contributed by atoms with Crippen molar-refractivity contribution < 1.29 is 4.58 Å². The third-order valence-electron chi connectivity index (χ3n) is 1.85. The van der Waals surface area contributed by atoms with E-state index in [1.54, 1.807) is 0 Å². The highest BCUT2D eigenvalue weighted by Gasteiger charge is 2.20. The monoisotopic (exact) mass is 139 g/mol. The summed E-state index contributed by atoms with van der Waals surface area (Å²) in [6, 6.07) is 0. The molecule has 1 unspecified atom stereocenters. The highest BCUT2D eigenvalue weighted by molar-refractivity contribution is 6.30. The second-order valence-corrected chi connectivity index (χ2v) is 3.14. The zero-order valence-electron chi connectivity index (χ0n) is 7.13. The summed E-state index contributed by atoms with van der Waals surface area (Å²) in [7, 11) is 2.06. The molecule has 0 saturated heterocycles. The van der Waals surface area contributed by atoms with Gasteiger partial charge in [-0.1, -0.05) is 13.8 Å². The summed E-state index contributed by atoms with van der Waals surface area (Å²) < 4.78 is 2.13. The van der Waals surface area contributed by atoms with Gasteiger partial charge in [0.15, 0.2) is 6.21 Å². The van der Waals surface area contributed by atoms with Crippen molar-refractivity contribution >= 4 is 11.9 Å². The van der Waals surface area contributed by atoms with E-state index in [1.165, 1.54) is 5.71 Å². The predicted molar refractivity (Wildman–Crippen MR) is 44.0 cm³/mol. The molecule has 0 spiro atoms. The average Bonchev–Trinajstić information content (AvgIpc) is 2.13. The summed E-state index contributed by atoms with van der Waals surface area (Å²) in [5.74, 6) is 0.562. The predicted octanol–water partition coefficient (Wildman–Crippen LogP) is 1.16. The Labute approximate surface area is 62.3 Å². The summed E-state index contributed by atoms with van der Waals surface area (Å²) in [5.41, 5.74) is 1.22. The summed E-state index contributed by atoms with van der Waals surface area (Å²) in [6.07, 6.45) is 2.47. The quantitative estimate of drug-likeness (QED) is 0.484. The van der Waals surface area contributed by atoms with Crippen LogP contribution in [0, 0.1) is 5.92 Å². The fourth-order valence-electron chi connectivity index (χ4n) is 0.955. The van der Waals surface area contributed by atoms with Crippen LogP contribution >= 0.6 is 0 Å². The minimum Gasteiger partial charge on any atom is -0.216 e. The molecule has 56 valence electrons. The van der Waals surface area contributed by atoms with E-state index in [-0.39, 0.29) is 0 Å². The molecule has 1 rings (SSSR count). The third kappa shape index (κ3) is 1.25. The van der Waals surface area contributed by atoms with Crippen LogP contribution in [0.25, 0.3) is 0 Å². The molecule has 0 aliphatic carbocycles. The Balaban J connectivity index is 2.75. The Morgan fingerprint density at radius 1 is 1.60 bits per heavy atom. The topological polar surface area (TPSA) is 15.4 Å². The van der Waals surface area contributed by atoms with Crippen molar-refractivity contribution in [2.24, 2.45) is 10.9 Å². The first-order chi connectivity index (χ1) is 4.61. The second kappa shape index (κ2) is 2.52. The molecule has 0 aromatic carbocycles. The molecule has 0 N–H and O–H groups in total. The van der Waals surface area contributed by atoms with Crippen LogP contribution in [0.2, 0.25) is 0 Å². The van der Waals surface area contributed by atoms with Crippen molar-refractivity contribution in [1.82, 2.24) is 0 Å². The van der Waals surface area contributed by atoms with Gasteiger partial charge >= 0.3 is 0 Å². The van der Waals surface area contributed by atoms with Gasteiger partial charge in [-0.2, -0.15) is 0 Å². The Morgan fingerprint density at radius 3 is 2.40 bits per heavy atom. The molecule has 0 radical (unpaired) electrons. The van der Waals surface area contributed by atoms with Gasteiger partial charge in [-0.05, 0) is 0 Å². The Morgan fingerprint density at radius 2 is 2.20 bits per heavy atom. The number of aliphatic imine (C=N–C) groups is 1. The molecule has 1 aliphatic rings. The lowest BCUT2D eigenvalue weighted by molar-refractivity contribution is -0.522. The highest BCUT2D eigenvalue weighted by Crippen LogP contribution is 2.04. The maximum Gasteiger partial charge on any atom is 0.242 e. The zero-order valence-corrected chi connectivity index (χ0v) is 7.13. The first-order valence-corrected chi connectivity index (χ1v) is 3.75. The fourth-order valence-corrected chi connectivity index (χ4v) is 0.955. The molecule has 1 heterocycles. The van der Waals surface area contributed by atoms with Crippen molar-refractivity contribution in [1.29, 1.82) is 0 Å². The number of rotatable bonds is 1. The molecule has 2 nitrogen and oxygen atoms in total. The minimum absolute atomic E-state index is 0.345. The Kier molecular flexibility index (Phi) is 1.88. The van der Waals surface area contributed by atoms with Crippen LogP contribution in [0.4, 0.5) is 0 Å². The van der Waals surface area contributed by atoms with Crippen molar-refractivity contribution in [3.05, 3.63) is 0 Å². The smallest absolute Gasteiger partial charge is 0.216 e. The molecular formula is C8H15N2+. The third-order valence-corrected chi connectivity index (χ3v) is 1.85. The first-order valence-electron chi connectivity index (χ1n) is 3.75. The van der Waals surface area contributed by atoms with Gasteiger partial charge in [0.25, 0.3) is 0 Å². The van der Waals surface area contributed by atoms with Gasteiger partial charge in [-0.25, -0.2) is 9.57 Å². The van der Waals surface area contributed by atoms with Gasteiger partial charge in [0.2, 0.25) is 6.17 Å². The van der Waals surface area contributed by atoms with Crippen LogP contribution in [0.3, 0.4) is 0 Å². The lowest BCUT2D eigenvalue weighted by atomic mass is 10.1. The highest BCUT2D eigenvalue weighted by atomic mass is 15.2. The molecule has 0 fully saturated rings. The summed E-state index contributed by atoms with van der Waals surface area (Å²) in [4.78, 5) is 4.46. The number of nitrogens with zero attached hydrogens (tertiary/aromatic N) is 2. The van der Waals surface area contributed by atoms with Crippen LogP contribution < -0.4 is 0 Å². The van der Waals surface area contributed by atoms with Crippen LogP contribution in [0.1, 0.15) is 20.8 Å². The lowest BCUT2D eigenvalue weighted by Crippen LogP contribution is -2.13. The second-order valence-electron chi connectivity index (χ2n) is 3.14. The fraction of sp³-hybridized carbons (Fsp3) is 0.750. The number of hydrogen-bond acceptors (Lipinski definition) is 1. The Bertz CT molecular complexity index is 189. The van der Waals surface area contributed by atoms with Gasteiger partial charge in [-0.15, -0.1) is 0 Å². The van der Waals surface area contributed by atoms with E-state index in [4.69, 9.17) is 0 Å². The van der Waals surface area contributed by atoms with E-state index in [1.807, 2.05) is 0 Å². The van der Waals surface area contributed by atoms with E-state index < -0.39 is 0 Å². The standard InChI is InChI=1S/C8H15N2/c1-6(2)8-5-10(4)7(3)9-8/h5-7H,1-4H3/q+1. The molecule has 0 aromatic heterocycles. The molecule has 2 heteroatoms. The van der Waals surface area contributed by atoms with E-state index >= 15 is 0 Å². The molecule has 0 bridgehead atoms. The van der Waals surface area contributed by atoms with Crippen molar-refractivity contribution in [3.63, 3.8) is 0 Å². The van der Waals surface area contributed by atoms with Gasteiger partial charge in [0.1, 0.15) is 12.8 Å². The number of hydrogen-bond donors (Lipinski definition) is 0. The van der Waals surface area contributed by atoms with E-state index in [2.05, 4.69) is 43.6 Å². The molecule has 1 atom stereocenters. The normalized spacial score (nSPS) is 25.1. The maximum atomic E-state index is 4.46. The molecule has 0 saturated carbocycles. The van der Waals surface area contributed by atoms with E-state index in [0.29, 0.717) is 12.1 Å². The van der Waals surface area contributed by atoms with Crippen LogP contribution in [0.15, 0.2) is 4.99 Å². The van der Waals surface area contributed by atoms with Gasteiger partial charge in [0, 0.05) is 12.8 Å². The molecule has 0 amide bonds. The molecular weight excluding hydrogens is 124 g/mol. The lowest BCUT2D eigenvalue weighted by Gasteiger charge is -1.94. The van der Waals surface area contributed by atoms with Gasteiger partial charge < -0.3 is 0 Å². The first kappa shape index (κ1) is 7.45. The SMILES string of the molecule is CC(C)C1=NC(C)[N+](C)=C1. The Hall–Kier alpha value is -0.660. The van der Waals surface area contributed by atoms with E-state index in [0.717, 1.165) is 0 Å². The van der Waals surface area contributed by atoms with Gasteiger partial charge in [-0.3, -0.25) is 0 Å². The molecule has 0 aromatic rings. The van der Waals surface area contributed by atoms with E-state index in [9.17, 15) is 0 Å². The molecule has 10 heavy (non-hydrogen) atoms. The summed E-state index contributed by atoms with van der Waals surface area (Å²) in [5, 5.41) is 0. The van der Waals surface area contributed by atoms with Crippen molar-refractivity contribution in [3.8, 4) is 0 Å². The van der Waals surface area contributed by atoms with Crippen LogP contribution in [-0.2, 0) is 0 Å². The minimum atomic E-state index is 0.345.